The molecule has 0 aliphatic carbocycles. The maximum absolute atomic E-state index is 12.9. The fourth-order valence-corrected chi connectivity index (χ4v) is 4.14. The minimum atomic E-state index is -3.12. The maximum Gasteiger partial charge on any atom is 0.344 e. The van der Waals surface area contributed by atoms with Crippen LogP contribution in [0.2, 0.25) is 5.02 Å². The molecule has 0 bridgehead atoms. The van der Waals surface area contributed by atoms with E-state index < -0.39 is 46.3 Å². The molecule has 1 fully saturated rings. The summed E-state index contributed by atoms with van der Waals surface area (Å²) >= 11 is 5.76. The first kappa shape index (κ1) is 19.5. The highest BCUT2D eigenvalue weighted by molar-refractivity contribution is 7.91. The number of carbonyl (C=O) groups is 2. The molecule has 1 amide bonds. The Hall–Kier alpha value is -1.87. The average Bonchev–Trinajstić information content (AvgIpc) is 2.85. The molecule has 0 aromatic heterocycles. The van der Waals surface area contributed by atoms with Crippen molar-refractivity contribution >= 4 is 33.3 Å². The minimum Gasteiger partial charge on any atom is -0.480 e. The van der Waals surface area contributed by atoms with E-state index in [2.05, 4.69) is 5.32 Å². The third kappa shape index (κ3) is 5.86. The molecule has 0 saturated carbocycles. The minimum absolute atomic E-state index is 0.000958. The Morgan fingerprint density at radius 2 is 2.16 bits per heavy atom. The third-order valence-electron chi connectivity index (χ3n) is 3.50. The molecule has 0 radical (unpaired) electrons. The smallest absolute Gasteiger partial charge is 0.344 e. The van der Waals surface area contributed by atoms with Gasteiger partial charge in [0.2, 0.25) is 0 Å². The van der Waals surface area contributed by atoms with Gasteiger partial charge in [0, 0.05) is 6.04 Å². The number of carbonyl (C=O) groups excluding carboxylic acids is 2. The number of esters is 1. The van der Waals surface area contributed by atoms with Crippen molar-refractivity contribution in [1.82, 2.24) is 5.32 Å². The van der Waals surface area contributed by atoms with Crippen LogP contribution in [0.5, 0.6) is 5.75 Å². The average molecular weight is 394 g/mol. The number of benzene rings is 1. The Labute approximate surface area is 149 Å². The molecule has 2 atom stereocenters. The Morgan fingerprint density at radius 1 is 1.44 bits per heavy atom. The summed E-state index contributed by atoms with van der Waals surface area (Å²) in [6.07, 6.45) is -0.774. The lowest BCUT2D eigenvalue weighted by Crippen LogP contribution is -2.43. The van der Waals surface area contributed by atoms with E-state index in [9.17, 15) is 22.4 Å². The van der Waals surface area contributed by atoms with Gasteiger partial charge in [0.05, 0.1) is 16.5 Å². The van der Waals surface area contributed by atoms with E-state index >= 15 is 0 Å². The fraction of sp³-hybridized carbons (Fsp3) is 0.467. The second-order valence-electron chi connectivity index (χ2n) is 5.60. The molecule has 7 nitrogen and oxygen atoms in total. The first-order valence-electron chi connectivity index (χ1n) is 7.44. The van der Waals surface area contributed by atoms with Crippen molar-refractivity contribution in [3.05, 3.63) is 29.0 Å². The topological polar surface area (TPSA) is 98.8 Å². The first-order chi connectivity index (χ1) is 11.7. The van der Waals surface area contributed by atoms with E-state index in [1.165, 1.54) is 13.0 Å². The van der Waals surface area contributed by atoms with Gasteiger partial charge >= 0.3 is 5.97 Å². The summed E-state index contributed by atoms with van der Waals surface area (Å²) in [5, 5.41) is 2.53. The molecular weight excluding hydrogens is 377 g/mol. The molecule has 10 heteroatoms. The lowest BCUT2D eigenvalue weighted by molar-refractivity contribution is -0.156. The highest BCUT2D eigenvalue weighted by Gasteiger charge is 2.30. The van der Waals surface area contributed by atoms with Crippen LogP contribution >= 0.6 is 11.6 Å². The fourth-order valence-electron chi connectivity index (χ4n) is 2.24. The number of hydrogen-bond acceptors (Lipinski definition) is 6. The number of hydrogen-bond donors (Lipinski definition) is 1. The number of rotatable bonds is 6. The van der Waals surface area contributed by atoms with Crippen molar-refractivity contribution in [3.8, 4) is 5.75 Å². The molecule has 1 aromatic rings. The molecule has 2 rings (SSSR count). The second-order valence-corrected chi connectivity index (χ2v) is 8.24. The zero-order valence-corrected chi connectivity index (χ0v) is 14.9. The lowest BCUT2D eigenvalue weighted by Gasteiger charge is -2.16. The van der Waals surface area contributed by atoms with E-state index in [1.54, 1.807) is 0 Å². The van der Waals surface area contributed by atoms with Crippen LogP contribution in [-0.4, -0.2) is 50.6 Å². The van der Waals surface area contributed by atoms with E-state index in [0.29, 0.717) is 6.42 Å². The zero-order valence-electron chi connectivity index (χ0n) is 13.3. The Balaban J connectivity index is 1.78. The predicted octanol–water partition coefficient (Wildman–Crippen LogP) is 1.09. The standard InChI is InChI=1S/C15H17ClFNO6S/c1-9(15(20)18-11-4-5-25(21,22)8-11)24-14(19)7-23-13-3-2-10(17)6-12(13)16/h2-3,6,9,11H,4-5,7-8H2,1H3,(H,18,20)/t9-,11-/m1/s1. The van der Waals surface area contributed by atoms with Crippen LogP contribution in [0.25, 0.3) is 0 Å². The van der Waals surface area contributed by atoms with E-state index in [-0.39, 0.29) is 22.3 Å². The maximum atomic E-state index is 12.9. The van der Waals surface area contributed by atoms with Gasteiger partial charge in [-0.25, -0.2) is 17.6 Å². The predicted molar refractivity (Wildman–Crippen MR) is 87.7 cm³/mol. The largest absolute Gasteiger partial charge is 0.480 e. The number of halogens is 2. The molecule has 1 aliphatic rings. The zero-order chi connectivity index (χ0) is 18.6. The van der Waals surface area contributed by atoms with Crippen LogP contribution in [0.4, 0.5) is 4.39 Å². The third-order valence-corrected chi connectivity index (χ3v) is 5.56. The van der Waals surface area contributed by atoms with Crippen LogP contribution in [0.3, 0.4) is 0 Å². The molecule has 1 saturated heterocycles. The summed E-state index contributed by atoms with van der Waals surface area (Å²) in [5.74, 6) is -1.94. The molecule has 0 unspecified atom stereocenters. The number of amides is 1. The van der Waals surface area contributed by atoms with Crippen molar-refractivity contribution < 1.29 is 31.9 Å². The van der Waals surface area contributed by atoms with Crippen LogP contribution < -0.4 is 10.1 Å². The molecule has 138 valence electrons. The SMILES string of the molecule is C[C@@H](OC(=O)COc1ccc(F)cc1Cl)C(=O)N[C@@H]1CCS(=O)(=O)C1. The monoisotopic (exact) mass is 393 g/mol. The van der Waals surface area contributed by atoms with Crippen LogP contribution in [0.15, 0.2) is 18.2 Å². The Bertz CT molecular complexity index is 769. The van der Waals surface area contributed by atoms with Crippen molar-refractivity contribution in [2.45, 2.75) is 25.5 Å². The van der Waals surface area contributed by atoms with Crippen molar-refractivity contribution in [2.24, 2.45) is 0 Å². The summed E-state index contributed by atoms with van der Waals surface area (Å²) in [6.45, 7) is 0.850. The summed E-state index contributed by atoms with van der Waals surface area (Å²) in [5.41, 5.74) is 0. The molecule has 1 N–H and O–H groups in total. The Kier molecular flexibility index (Phi) is 6.23. The van der Waals surface area contributed by atoms with Gasteiger partial charge in [-0.3, -0.25) is 4.79 Å². The van der Waals surface area contributed by atoms with Crippen molar-refractivity contribution in [2.75, 3.05) is 18.1 Å². The van der Waals surface area contributed by atoms with Crippen LogP contribution in [0.1, 0.15) is 13.3 Å². The normalized spacial score (nSPS) is 19.9. The van der Waals surface area contributed by atoms with Crippen molar-refractivity contribution in [1.29, 1.82) is 0 Å². The summed E-state index contributed by atoms with van der Waals surface area (Å²) in [6, 6.07) is 2.95. The van der Waals surface area contributed by atoms with E-state index in [1.807, 2.05) is 0 Å². The van der Waals surface area contributed by atoms with E-state index in [0.717, 1.165) is 12.1 Å². The number of sulfone groups is 1. The van der Waals surface area contributed by atoms with Gasteiger partial charge in [-0.1, -0.05) is 11.6 Å². The summed E-state index contributed by atoms with van der Waals surface area (Å²) in [4.78, 5) is 23.6. The van der Waals surface area contributed by atoms with Gasteiger partial charge in [0.1, 0.15) is 11.6 Å². The molecular formula is C15H17ClFNO6S. The summed E-state index contributed by atoms with van der Waals surface area (Å²) in [7, 11) is -3.12. The molecule has 1 heterocycles. The van der Waals surface area contributed by atoms with Crippen LogP contribution in [-0.2, 0) is 24.2 Å². The number of ether oxygens (including phenoxy) is 2. The number of nitrogens with one attached hydrogen (secondary N) is 1. The lowest BCUT2D eigenvalue weighted by atomic mass is 10.2. The highest BCUT2D eigenvalue weighted by atomic mass is 35.5. The van der Waals surface area contributed by atoms with Gasteiger partial charge in [-0.15, -0.1) is 0 Å². The quantitative estimate of drug-likeness (QED) is 0.726. The Morgan fingerprint density at radius 3 is 2.76 bits per heavy atom. The van der Waals surface area contributed by atoms with Gasteiger partial charge in [0.25, 0.3) is 5.91 Å². The summed E-state index contributed by atoms with van der Waals surface area (Å²) < 4.78 is 45.6. The molecule has 1 aromatic carbocycles. The van der Waals surface area contributed by atoms with Crippen LogP contribution in [0, 0.1) is 5.82 Å². The first-order valence-corrected chi connectivity index (χ1v) is 9.64. The molecule has 1 aliphatic heterocycles. The van der Waals surface area contributed by atoms with Gasteiger partial charge in [0.15, 0.2) is 22.5 Å². The molecule has 0 spiro atoms. The molecule has 25 heavy (non-hydrogen) atoms. The van der Waals surface area contributed by atoms with E-state index in [4.69, 9.17) is 21.1 Å². The van der Waals surface area contributed by atoms with Gasteiger partial charge in [-0.2, -0.15) is 0 Å². The highest BCUT2D eigenvalue weighted by Crippen LogP contribution is 2.24. The van der Waals surface area contributed by atoms with Crippen molar-refractivity contribution in [3.63, 3.8) is 0 Å². The second kappa shape index (κ2) is 8.01. The van der Waals surface area contributed by atoms with Gasteiger partial charge < -0.3 is 14.8 Å². The van der Waals surface area contributed by atoms with Gasteiger partial charge in [-0.05, 0) is 31.5 Å².